The molecular formula is C32H39N7O3. The predicted octanol–water partition coefficient (Wildman–Crippen LogP) is 4.53. The zero-order valence-electron chi connectivity index (χ0n) is 24.7. The lowest BCUT2D eigenvalue weighted by Crippen LogP contribution is -2.44. The van der Waals surface area contributed by atoms with Crippen LogP contribution in [0, 0.1) is 0 Å². The summed E-state index contributed by atoms with van der Waals surface area (Å²) in [4.78, 5) is 36.5. The SMILES string of the molecule is CNC(=O)n1ccc2cc(N(CCC(C)(C)O)c3ccnc(NC(=O)c4ccc(N5CCN(C)CC5)cc4)c3)ccc21. The molecule has 2 aromatic carbocycles. The van der Waals surface area contributed by atoms with Crippen molar-refractivity contribution in [3.05, 3.63) is 78.6 Å². The molecule has 220 valence electrons. The molecule has 0 spiro atoms. The molecule has 1 fully saturated rings. The van der Waals surface area contributed by atoms with Crippen LogP contribution in [0.2, 0.25) is 0 Å². The molecule has 2 aromatic heterocycles. The number of fused-ring (bicyclic) bond motifs is 1. The molecular weight excluding hydrogens is 530 g/mol. The average Bonchev–Trinajstić information content (AvgIpc) is 3.40. The highest BCUT2D eigenvalue weighted by atomic mass is 16.3. The van der Waals surface area contributed by atoms with Crippen LogP contribution in [0.3, 0.4) is 0 Å². The molecule has 0 atom stereocenters. The number of nitrogens with one attached hydrogen (secondary N) is 2. The highest BCUT2D eigenvalue weighted by Crippen LogP contribution is 2.31. The Hall–Kier alpha value is -4.41. The van der Waals surface area contributed by atoms with E-state index in [1.807, 2.05) is 60.7 Å². The normalized spacial score (nSPS) is 14.2. The van der Waals surface area contributed by atoms with Crippen molar-refractivity contribution >= 4 is 45.7 Å². The van der Waals surface area contributed by atoms with Crippen molar-refractivity contribution in [1.29, 1.82) is 0 Å². The monoisotopic (exact) mass is 569 g/mol. The van der Waals surface area contributed by atoms with Crippen molar-refractivity contribution in [3.8, 4) is 0 Å². The number of pyridine rings is 1. The fourth-order valence-electron chi connectivity index (χ4n) is 5.12. The number of hydrogen-bond acceptors (Lipinski definition) is 7. The molecule has 3 heterocycles. The minimum absolute atomic E-state index is 0.208. The largest absolute Gasteiger partial charge is 0.390 e. The van der Waals surface area contributed by atoms with Crippen LogP contribution in [0.15, 0.2) is 73.1 Å². The van der Waals surface area contributed by atoms with E-state index in [-0.39, 0.29) is 11.9 Å². The number of aromatic nitrogens is 2. The Labute approximate surface area is 246 Å². The number of rotatable bonds is 8. The Kier molecular flexibility index (Phi) is 8.46. The number of anilines is 4. The highest BCUT2D eigenvalue weighted by Gasteiger charge is 2.20. The number of carbonyl (C=O) groups excluding carboxylic acids is 2. The minimum Gasteiger partial charge on any atom is -0.390 e. The average molecular weight is 570 g/mol. The van der Waals surface area contributed by atoms with Crippen LogP contribution in [-0.4, -0.2) is 83.9 Å². The summed E-state index contributed by atoms with van der Waals surface area (Å²) in [5, 5.41) is 17.0. The van der Waals surface area contributed by atoms with Gasteiger partial charge in [0.05, 0.1) is 11.1 Å². The highest BCUT2D eigenvalue weighted by molar-refractivity contribution is 6.04. The van der Waals surface area contributed by atoms with E-state index in [0.29, 0.717) is 24.3 Å². The zero-order valence-corrected chi connectivity index (χ0v) is 24.7. The van der Waals surface area contributed by atoms with Gasteiger partial charge in [0.1, 0.15) is 5.82 Å². The third-order valence-electron chi connectivity index (χ3n) is 7.66. The molecule has 10 nitrogen and oxygen atoms in total. The number of carbonyl (C=O) groups is 2. The van der Waals surface area contributed by atoms with Crippen LogP contribution in [0.4, 0.5) is 27.7 Å². The maximum atomic E-state index is 13.1. The van der Waals surface area contributed by atoms with E-state index in [2.05, 4.69) is 37.4 Å². The second kappa shape index (κ2) is 12.2. The summed E-state index contributed by atoms with van der Waals surface area (Å²) in [6, 6.07) is 19.0. The van der Waals surface area contributed by atoms with Gasteiger partial charge in [-0.05, 0) is 81.9 Å². The summed E-state index contributed by atoms with van der Waals surface area (Å²) in [7, 11) is 3.73. The molecule has 5 rings (SSSR count). The first-order valence-corrected chi connectivity index (χ1v) is 14.3. The Morgan fingerprint density at radius 2 is 1.69 bits per heavy atom. The summed E-state index contributed by atoms with van der Waals surface area (Å²) in [6.07, 6.45) is 3.92. The van der Waals surface area contributed by atoms with Gasteiger partial charge in [0, 0.05) is 86.2 Å². The summed E-state index contributed by atoms with van der Waals surface area (Å²) >= 11 is 0. The molecule has 0 saturated carbocycles. The van der Waals surface area contributed by atoms with Gasteiger partial charge in [-0.15, -0.1) is 0 Å². The van der Waals surface area contributed by atoms with Gasteiger partial charge < -0.3 is 30.4 Å². The van der Waals surface area contributed by atoms with Gasteiger partial charge in [-0.3, -0.25) is 9.36 Å². The molecule has 0 radical (unpaired) electrons. The third kappa shape index (κ3) is 6.72. The van der Waals surface area contributed by atoms with E-state index < -0.39 is 5.60 Å². The number of benzene rings is 2. The van der Waals surface area contributed by atoms with Crippen LogP contribution in [0.5, 0.6) is 0 Å². The fraction of sp³-hybridized carbons (Fsp3) is 0.344. The van der Waals surface area contributed by atoms with E-state index in [1.54, 1.807) is 37.9 Å². The molecule has 0 bridgehead atoms. The third-order valence-corrected chi connectivity index (χ3v) is 7.66. The molecule has 4 aromatic rings. The van der Waals surface area contributed by atoms with Crippen molar-refractivity contribution in [2.75, 3.05) is 61.9 Å². The lowest BCUT2D eigenvalue weighted by atomic mass is 10.0. The summed E-state index contributed by atoms with van der Waals surface area (Å²) < 4.78 is 1.57. The number of hydrogen-bond donors (Lipinski definition) is 3. The molecule has 42 heavy (non-hydrogen) atoms. The van der Waals surface area contributed by atoms with Crippen LogP contribution in [0.25, 0.3) is 10.9 Å². The van der Waals surface area contributed by atoms with E-state index in [9.17, 15) is 14.7 Å². The molecule has 1 aliphatic heterocycles. The minimum atomic E-state index is -0.870. The van der Waals surface area contributed by atoms with E-state index in [0.717, 1.165) is 54.1 Å². The smallest absolute Gasteiger partial charge is 0.325 e. The molecule has 0 unspecified atom stereocenters. The van der Waals surface area contributed by atoms with E-state index in [4.69, 9.17) is 0 Å². The Morgan fingerprint density at radius 1 is 0.976 bits per heavy atom. The van der Waals surface area contributed by atoms with Crippen molar-refractivity contribution in [2.45, 2.75) is 25.9 Å². The first kappa shape index (κ1) is 29.1. The van der Waals surface area contributed by atoms with Crippen LogP contribution in [-0.2, 0) is 0 Å². The van der Waals surface area contributed by atoms with Gasteiger partial charge in [-0.2, -0.15) is 0 Å². The number of nitrogens with zero attached hydrogens (tertiary/aromatic N) is 5. The molecule has 1 aliphatic rings. The van der Waals surface area contributed by atoms with Gasteiger partial charge in [0.15, 0.2) is 0 Å². The number of likely N-dealkylation sites (N-methyl/N-ethyl adjacent to an activating group) is 1. The molecule has 10 heteroatoms. The van der Waals surface area contributed by atoms with Crippen LogP contribution in [0.1, 0.15) is 30.6 Å². The van der Waals surface area contributed by atoms with Gasteiger partial charge in [-0.25, -0.2) is 9.78 Å². The summed E-state index contributed by atoms with van der Waals surface area (Å²) in [5.74, 6) is 0.199. The predicted molar refractivity (Wildman–Crippen MR) is 168 cm³/mol. The lowest BCUT2D eigenvalue weighted by Gasteiger charge is -2.34. The molecule has 2 amide bonds. The Morgan fingerprint density at radius 3 is 2.38 bits per heavy atom. The van der Waals surface area contributed by atoms with Crippen molar-refractivity contribution in [2.24, 2.45) is 0 Å². The first-order valence-electron chi connectivity index (χ1n) is 14.3. The standard InChI is InChI=1S/C32H39N7O3/c1-32(2,42)13-16-38(26-9-10-28-24(21-26)12-15-39(28)31(41)33-3)27-11-14-34-29(22-27)35-30(40)23-5-7-25(8-6-23)37-19-17-36(4)18-20-37/h5-12,14-15,21-22,42H,13,16-20H2,1-4H3,(H,33,41)(H,34,35,40). The van der Waals surface area contributed by atoms with Gasteiger partial charge in [-0.1, -0.05) is 0 Å². The van der Waals surface area contributed by atoms with Gasteiger partial charge >= 0.3 is 6.03 Å². The summed E-state index contributed by atoms with van der Waals surface area (Å²) in [5.41, 5.74) is 3.31. The zero-order chi connectivity index (χ0) is 29.9. The van der Waals surface area contributed by atoms with Crippen LogP contribution < -0.4 is 20.4 Å². The first-order chi connectivity index (χ1) is 20.1. The summed E-state index contributed by atoms with van der Waals surface area (Å²) in [6.45, 7) is 8.07. The second-order valence-corrected chi connectivity index (χ2v) is 11.4. The molecule has 3 N–H and O–H groups in total. The quantitative estimate of drug-likeness (QED) is 0.286. The maximum absolute atomic E-state index is 13.1. The lowest BCUT2D eigenvalue weighted by molar-refractivity contribution is 0.0737. The second-order valence-electron chi connectivity index (χ2n) is 11.4. The maximum Gasteiger partial charge on any atom is 0.325 e. The molecule has 1 saturated heterocycles. The fourth-order valence-corrected chi connectivity index (χ4v) is 5.12. The number of amides is 2. The van der Waals surface area contributed by atoms with Gasteiger partial charge in [0.25, 0.3) is 5.91 Å². The number of aliphatic hydroxyl groups is 1. The van der Waals surface area contributed by atoms with Crippen molar-refractivity contribution in [3.63, 3.8) is 0 Å². The number of piperazine rings is 1. The Balaban J connectivity index is 1.36. The Bertz CT molecular complexity index is 1550. The van der Waals surface area contributed by atoms with E-state index in [1.165, 1.54) is 0 Å². The van der Waals surface area contributed by atoms with Crippen LogP contribution >= 0.6 is 0 Å². The van der Waals surface area contributed by atoms with Crippen molar-refractivity contribution < 1.29 is 14.7 Å². The topological polar surface area (TPSA) is 106 Å². The molecule has 0 aliphatic carbocycles. The van der Waals surface area contributed by atoms with Crippen molar-refractivity contribution in [1.82, 2.24) is 19.8 Å². The van der Waals surface area contributed by atoms with E-state index >= 15 is 0 Å². The van der Waals surface area contributed by atoms with Gasteiger partial charge in [0.2, 0.25) is 0 Å².